The third-order valence-electron chi connectivity index (χ3n) is 5.95. The van der Waals surface area contributed by atoms with Crippen molar-refractivity contribution in [3.63, 3.8) is 0 Å². The smallest absolute Gasteiger partial charge is 0.258 e. The second-order valence-corrected chi connectivity index (χ2v) is 8.97. The first-order valence-electron chi connectivity index (χ1n) is 10.1. The number of hydrogen-bond acceptors (Lipinski definition) is 4. The number of carbonyl (C=O) groups is 2. The number of ether oxygens (including phenoxy) is 1. The maximum absolute atomic E-state index is 13.7. The second kappa shape index (κ2) is 8.50. The molecule has 2 aliphatic rings. The van der Waals surface area contributed by atoms with Crippen LogP contribution in [0.15, 0.2) is 48.2 Å². The summed E-state index contributed by atoms with van der Waals surface area (Å²) in [6.45, 7) is 1.82. The minimum atomic E-state index is -0.781. The zero-order chi connectivity index (χ0) is 23.0. The van der Waals surface area contributed by atoms with Crippen molar-refractivity contribution in [2.75, 3.05) is 13.7 Å². The van der Waals surface area contributed by atoms with Crippen molar-refractivity contribution in [1.82, 2.24) is 10.2 Å². The number of nitrogens with one attached hydrogen (secondary N) is 1. The molecular formula is C24H21Cl2N3O3. The van der Waals surface area contributed by atoms with E-state index in [1.165, 1.54) is 6.92 Å². The van der Waals surface area contributed by atoms with Crippen molar-refractivity contribution in [3.8, 4) is 6.07 Å². The number of amides is 2. The molecule has 4 rings (SSSR count). The summed E-state index contributed by atoms with van der Waals surface area (Å²) in [6, 6.07) is 14.2. The van der Waals surface area contributed by atoms with E-state index < -0.39 is 5.54 Å². The number of hydrogen-bond donors (Lipinski definition) is 1. The maximum Gasteiger partial charge on any atom is 0.258 e. The average Bonchev–Trinajstić information content (AvgIpc) is 3.18. The third-order valence-corrected chi connectivity index (χ3v) is 6.39. The summed E-state index contributed by atoms with van der Waals surface area (Å²) in [5.41, 5.74) is 1.74. The van der Waals surface area contributed by atoms with E-state index in [4.69, 9.17) is 33.2 Å². The molecule has 0 aliphatic carbocycles. The molecular weight excluding hydrogens is 449 g/mol. The molecule has 6 nitrogen and oxygen atoms in total. The zero-order valence-corrected chi connectivity index (χ0v) is 19.1. The molecule has 2 heterocycles. The normalized spacial score (nSPS) is 22.0. The molecule has 32 heavy (non-hydrogen) atoms. The number of carbonyl (C=O) groups excluding carboxylic acids is 2. The molecule has 2 aromatic rings. The highest BCUT2D eigenvalue weighted by atomic mass is 35.5. The number of halogens is 2. The number of fused-ring (bicyclic) bond motifs is 1. The fourth-order valence-corrected chi connectivity index (χ4v) is 5.37. The first-order chi connectivity index (χ1) is 15.3. The summed E-state index contributed by atoms with van der Waals surface area (Å²) >= 11 is 12.4. The van der Waals surface area contributed by atoms with E-state index in [9.17, 15) is 9.59 Å². The van der Waals surface area contributed by atoms with Gasteiger partial charge in [-0.15, -0.1) is 0 Å². The molecule has 0 radical (unpaired) electrons. The monoisotopic (exact) mass is 469 g/mol. The molecule has 2 amide bonds. The minimum Gasteiger partial charge on any atom is -0.498 e. The maximum atomic E-state index is 13.7. The van der Waals surface area contributed by atoms with Crippen LogP contribution in [-0.2, 0) is 20.7 Å². The number of benzene rings is 2. The first-order valence-corrected chi connectivity index (χ1v) is 10.9. The largest absolute Gasteiger partial charge is 0.498 e. The highest BCUT2D eigenvalue weighted by Crippen LogP contribution is 2.49. The van der Waals surface area contributed by atoms with E-state index in [-0.39, 0.29) is 17.9 Å². The van der Waals surface area contributed by atoms with Crippen LogP contribution in [0.2, 0.25) is 10.0 Å². The molecule has 0 aromatic heterocycles. The van der Waals surface area contributed by atoms with Crippen LogP contribution in [0, 0.1) is 11.3 Å². The number of rotatable bonds is 5. The van der Waals surface area contributed by atoms with Crippen LogP contribution in [0.1, 0.15) is 30.0 Å². The number of nitriles is 1. The van der Waals surface area contributed by atoms with E-state index in [0.717, 1.165) is 5.56 Å². The molecule has 1 saturated heterocycles. The van der Waals surface area contributed by atoms with Crippen LogP contribution in [0.25, 0.3) is 5.57 Å². The fraction of sp³-hybridized carbons (Fsp3) is 0.292. The molecule has 2 aliphatic heterocycles. The molecule has 8 heteroatoms. The van der Waals surface area contributed by atoms with E-state index in [0.29, 0.717) is 51.9 Å². The van der Waals surface area contributed by atoms with Gasteiger partial charge in [-0.3, -0.25) is 9.59 Å². The Morgan fingerprint density at radius 1 is 1.25 bits per heavy atom. The van der Waals surface area contributed by atoms with Gasteiger partial charge >= 0.3 is 0 Å². The van der Waals surface area contributed by atoms with Gasteiger partial charge in [0.15, 0.2) is 0 Å². The molecule has 164 valence electrons. The molecule has 2 aromatic carbocycles. The molecule has 0 saturated carbocycles. The van der Waals surface area contributed by atoms with E-state index in [2.05, 4.69) is 11.4 Å². The van der Waals surface area contributed by atoms with Crippen molar-refractivity contribution < 1.29 is 14.3 Å². The lowest BCUT2D eigenvalue weighted by Gasteiger charge is -2.34. The predicted octanol–water partition coefficient (Wildman–Crippen LogP) is 3.95. The SMILES string of the molecule is COC1=C(c2cc(Cl)cc(Cl)c2)C(=O)N2C[C@@H](NC(C)=O)C[C@@]12Cc1ccc(C#N)cc1. The Balaban J connectivity index is 1.85. The highest BCUT2D eigenvalue weighted by molar-refractivity contribution is 6.35. The summed E-state index contributed by atoms with van der Waals surface area (Å²) in [5, 5.41) is 12.9. The Hall–Kier alpha value is -3.01. The van der Waals surface area contributed by atoms with Crippen LogP contribution >= 0.6 is 23.2 Å². The Labute approximate surface area is 196 Å². The molecule has 0 unspecified atom stereocenters. The Morgan fingerprint density at radius 2 is 1.91 bits per heavy atom. The van der Waals surface area contributed by atoms with Crippen LogP contribution in [-0.4, -0.2) is 41.9 Å². The van der Waals surface area contributed by atoms with Crippen LogP contribution in [0.5, 0.6) is 0 Å². The van der Waals surface area contributed by atoms with Crippen LogP contribution in [0.3, 0.4) is 0 Å². The van der Waals surface area contributed by atoms with Crippen molar-refractivity contribution in [2.45, 2.75) is 31.3 Å². The quantitative estimate of drug-likeness (QED) is 0.718. The summed E-state index contributed by atoms with van der Waals surface area (Å²) < 4.78 is 5.88. The van der Waals surface area contributed by atoms with E-state index in [1.54, 1.807) is 42.3 Å². The van der Waals surface area contributed by atoms with Crippen molar-refractivity contribution >= 4 is 40.6 Å². The summed E-state index contributed by atoms with van der Waals surface area (Å²) in [4.78, 5) is 27.2. The van der Waals surface area contributed by atoms with Crippen molar-refractivity contribution in [2.24, 2.45) is 0 Å². The van der Waals surface area contributed by atoms with E-state index in [1.807, 2.05) is 12.1 Å². The lowest BCUT2D eigenvalue weighted by atomic mass is 9.85. The third kappa shape index (κ3) is 3.83. The first kappa shape index (κ1) is 22.2. The van der Waals surface area contributed by atoms with Gasteiger partial charge < -0.3 is 15.0 Å². The van der Waals surface area contributed by atoms with Gasteiger partial charge in [-0.25, -0.2) is 0 Å². The molecule has 1 N–H and O–H groups in total. The lowest BCUT2D eigenvalue weighted by Crippen LogP contribution is -2.45. The molecule has 1 fully saturated rings. The van der Waals surface area contributed by atoms with Crippen LogP contribution < -0.4 is 5.32 Å². The lowest BCUT2D eigenvalue weighted by molar-refractivity contribution is -0.127. The number of nitrogens with zero attached hydrogens (tertiary/aromatic N) is 2. The minimum absolute atomic E-state index is 0.151. The zero-order valence-electron chi connectivity index (χ0n) is 17.6. The van der Waals surface area contributed by atoms with E-state index >= 15 is 0 Å². The molecule has 0 spiro atoms. The van der Waals surface area contributed by atoms with Gasteiger partial charge in [-0.1, -0.05) is 35.3 Å². The van der Waals surface area contributed by atoms with Gasteiger partial charge in [0.2, 0.25) is 5.91 Å². The standard InChI is InChI=1S/C24H21Cl2N3O3/c1-14(30)28-20-11-24(10-15-3-5-16(12-27)6-4-15)22(32-2)21(23(31)29(24)13-20)17-7-18(25)9-19(26)8-17/h3-9,20H,10-11,13H2,1-2H3,(H,28,30)/t20-,24-/m0/s1. The summed E-state index contributed by atoms with van der Waals surface area (Å²) in [7, 11) is 1.55. The van der Waals surface area contributed by atoms with Gasteiger partial charge in [0.05, 0.1) is 24.3 Å². The van der Waals surface area contributed by atoms with Gasteiger partial charge in [0.25, 0.3) is 5.91 Å². The van der Waals surface area contributed by atoms with Gasteiger partial charge in [-0.05, 0) is 41.5 Å². The Kier molecular flexibility index (Phi) is 5.89. The predicted molar refractivity (Wildman–Crippen MR) is 122 cm³/mol. The Bertz CT molecular complexity index is 1150. The summed E-state index contributed by atoms with van der Waals surface area (Å²) in [5.74, 6) is 0.182. The highest BCUT2D eigenvalue weighted by Gasteiger charge is 2.58. The second-order valence-electron chi connectivity index (χ2n) is 8.10. The average molecular weight is 470 g/mol. The van der Waals surface area contributed by atoms with Gasteiger partial charge in [0.1, 0.15) is 11.3 Å². The molecule has 0 bridgehead atoms. The van der Waals surface area contributed by atoms with Crippen molar-refractivity contribution in [3.05, 3.63) is 75.0 Å². The Morgan fingerprint density at radius 3 is 2.47 bits per heavy atom. The fourth-order valence-electron chi connectivity index (χ4n) is 4.85. The number of methoxy groups -OCH3 is 1. The summed E-state index contributed by atoms with van der Waals surface area (Å²) in [6.07, 6.45) is 0.973. The van der Waals surface area contributed by atoms with Gasteiger partial charge in [-0.2, -0.15) is 5.26 Å². The topological polar surface area (TPSA) is 82.4 Å². The molecule has 2 atom stereocenters. The van der Waals surface area contributed by atoms with Crippen molar-refractivity contribution in [1.29, 1.82) is 5.26 Å². The van der Waals surface area contributed by atoms with Gasteiger partial charge in [0, 0.05) is 42.4 Å². The van der Waals surface area contributed by atoms with Crippen LogP contribution in [0.4, 0.5) is 0 Å².